The summed E-state index contributed by atoms with van der Waals surface area (Å²) in [6.45, 7) is 1.74. The molecule has 1 aliphatic heterocycles. The summed E-state index contributed by atoms with van der Waals surface area (Å²) in [4.78, 5) is 60.4. The number of amides is 3. The van der Waals surface area contributed by atoms with Gasteiger partial charge >= 0.3 is 11.9 Å². The highest BCUT2D eigenvalue weighted by molar-refractivity contribution is 7.98. The van der Waals surface area contributed by atoms with E-state index in [1.165, 1.54) is 11.8 Å². The van der Waals surface area contributed by atoms with Gasteiger partial charge in [-0.1, -0.05) is 0 Å². The second-order valence-corrected chi connectivity index (χ2v) is 7.79. The highest BCUT2D eigenvalue weighted by Crippen LogP contribution is 2.19. The SMILES string of the molecule is CSCCC(N)C(=O)N1CCCC1C(=O)NC(C)C(=O)NC(CC(=O)O)C(=O)O. The number of likely N-dealkylation sites (tertiary alicyclic amines) is 1. The first kappa shape index (κ1) is 24.7. The predicted octanol–water partition coefficient (Wildman–Crippen LogP) is -1.39. The van der Waals surface area contributed by atoms with Crippen molar-refractivity contribution in [3.63, 3.8) is 0 Å². The largest absolute Gasteiger partial charge is 0.481 e. The molecule has 11 nitrogen and oxygen atoms in total. The molecule has 0 aliphatic carbocycles. The molecular weight excluding hydrogens is 404 g/mol. The Balaban J connectivity index is 2.68. The van der Waals surface area contributed by atoms with E-state index in [0.29, 0.717) is 25.8 Å². The first-order chi connectivity index (χ1) is 13.6. The van der Waals surface area contributed by atoms with Gasteiger partial charge in [0.15, 0.2) is 0 Å². The van der Waals surface area contributed by atoms with Gasteiger partial charge in [0.05, 0.1) is 12.5 Å². The average Bonchev–Trinajstić information content (AvgIpc) is 3.14. The number of nitrogens with one attached hydrogen (secondary N) is 2. The summed E-state index contributed by atoms with van der Waals surface area (Å²) in [6.07, 6.45) is 2.66. The molecule has 0 aromatic rings. The molecule has 0 bridgehead atoms. The van der Waals surface area contributed by atoms with Crippen molar-refractivity contribution in [2.75, 3.05) is 18.6 Å². The molecule has 1 rings (SSSR count). The summed E-state index contributed by atoms with van der Waals surface area (Å²) in [5.41, 5.74) is 5.91. The van der Waals surface area contributed by atoms with Crippen molar-refractivity contribution in [2.45, 2.75) is 56.8 Å². The second-order valence-electron chi connectivity index (χ2n) is 6.81. The zero-order chi connectivity index (χ0) is 22.1. The van der Waals surface area contributed by atoms with Gasteiger partial charge in [0.2, 0.25) is 17.7 Å². The molecule has 0 aromatic heterocycles. The zero-order valence-corrected chi connectivity index (χ0v) is 17.2. The van der Waals surface area contributed by atoms with Crippen LogP contribution in [0.15, 0.2) is 0 Å². The lowest BCUT2D eigenvalue weighted by atomic mass is 10.1. The lowest BCUT2D eigenvalue weighted by molar-refractivity contribution is -0.147. The Labute approximate surface area is 172 Å². The molecule has 12 heteroatoms. The van der Waals surface area contributed by atoms with E-state index in [9.17, 15) is 24.0 Å². The number of aliphatic carboxylic acids is 2. The summed E-state index contributed by atoms with van der Waals surface area (Å²) in [5.74, 6) is -3.85. The minimum atomic E-state index is -1.61. The fraction of sp³-hybridized carbons (Fsp3) is 0.706. The van der Waals surface area contributed by atoms with Gasteiger partial charge in [-0.15, -0.1) is 0 Å². The molecule has 29 heavy (non-hydrogen) atoms. The van der Waals surface area contributed by atoms with Crippen molar-refractivity contribution >= 4 is 41.4 Å². The van der Waals surface area contributed by atoms with E-state index in [4.69, 9.17) is 15.9 Å². The Hall–Kier alpha value is -2.34. The van der Waals surface area contributed by atoms with Crippen LogP contribution in [-0.4, -0.2) is 87.5 Å². The van der Waals surface area contributed by atoms with Gasteiger partial charge in [-0.25, -0.2) is 4.79 Å². The Morgan fingerprint density at radius 1 is 1.21 bits per heavy atom. The van der Waals surface area contributed by atoms with Crippen LogP contribution in [0.25, 0.3) is 0 Å². The van der Waals surface area contributed by atoms with Crippen LogP contribution in [0.1, 0.15) is 32.6 Å². The summed E-state index contributed by atoms with van der Waals surface area (Å²) in [6, 6.07) is -4.18. The molecule has 0 radical (unpaired) electrons. The van der Waals surface area contributed by atoms with E-state index < -0.39 is 54.3 Å². The van der Waals surface area contributed by atoms with Gasteiger partial charge in [-0.05, 0) is 38.2 Å². The maximum Gasteiger partial charge on any atom is 0.326 e. The third kappa shape index (κ3) is 7.54. The van der Waals surface area contributed by atoms with Crippen molar-refractivity contribution in [3.05, 3.63) is 0 Å². The van der Waals surface area contributed by atoms with E-state index >= 15 is 0 Å². The smallest absolute Gasteiger partial charge is 0.326 e. The molecular formula is C17H28N4O7S. The van der Waals surface area contributed by atoms with E-state index in [2.05, 4.69) is 10.6 Å². The Kier molecular flexibility index (Phi) is 9.89. The summed E-state index contributed by atoms with van der Waals surface area (Å²) in [7, 11) is 0. The van der Waals surface area contributed by atoms with Crippen molar-refractivity contribution in [2.24, 2.45) is 5.73 Å². The third-order valence-electron chi connectivity index (χ3n) is 4.53. The number of hydrogen-bond donors (Lipinski definition) is 5. The van der Waals surface area contributed by atoms with Crippen molar-refractivity contribution in [1.82, 2.24) is 15.5 Å². The highest BCUT2D eigenvalue weighted by atomic mass is 32.2. The van der Waals surface area contributed by atoms with Crippen molar-refractivity contribution < 1.29 is 34.2 Å². The van der Waals surface area contributed by atoms with Crippen LogP contribution < -0.4 is 16.4 Å². The van der Waals surface area contributed by atoms with Gasteiger partial charge in [-0.3, -0.25) is 19.2 Å². The number of hydrogen-bond acceptors (Lipinski definition) is 7. The zero-order valence-electron chi connectivity index (χ0n) is 16.4. The standard InChI is InChI=1S/C17H28N4O7S/c1-9(14(24)20-11(17(27)28)8-13(22)23)19-15(25)12-4-3-6-21(12)16(26)10(18)5-7-29-2/h9-12H,3-8,18H2,1-2H3,(H,19,25)(H,20,24)(H,22,23)(H,27,28). The van der Waals surface area contributed by atoms with Crippen LogP contribution in [0.4, 0.5) is 0 Å². The van der Waals surface area contributed by atoms with Gasteiger partial charge in [0.25, 0.3) is 0 Å². The van der Waals surface area contributed by atoms with Gasteiger partial charge < -0.3 is 31.5 Å². The van der Waals surface area contributed by atoms with E-state index in [0.717, 1.165) is 5.75 Å². The van der Waals surface area contributed by atoms with Crippen LogP contribution in [0, 0.1) is 0 Å². The van der Waals surface area contributed by atoms with E-state index in [1.807, 2.05) is 6.26 Å². The number of nitrogens with two attached hydrogens (primary N) is 1. The molecule has 1 heterocycles. The van der Waals surface area contributed by atoms with E-state index in [-0.39, 0.29) is 5.91 Å². The first-order valence-electron chi connectivity index (χ1n) is 9.18. The molecule has 4 atom stereocenters. The number of nitrogens with zero attached hydrogens (tertiary/aromatic N) is 1. The topological polar surface area (TPSA) is 179 Å². The number of carboxylic acids is 2. The molecule has 4 unspecified atom stereocenters. The Morgan fingerprint density at radius 2 is 1.86 bits per heavy atom. The second kappa shape index (κ2) is 11.6. The van der Waals surface area contributed by atoms with Crippen LogP contribution in [0.5, 0.6) is 0 Å². The molecule has 164 valence electrons. The molecule has 3 amide bonds. The maximum absolute atomic E-state index is 12.6. The lowest BCUT2D eigenvalue weighted by Gasteiger charge is -2.27. The maximum atomic E-state index is 12.6. The Bertz CT molecular complexity index is 645. The monoisotopic (exact) mass is 432 g/mol. The average molecular weight is 432 g/mol. The van der Waals surface area contributed by atoms with Gasteiger partial charge in [-0.2, -0.15) is 11.8 Å². The number of carbonyl (C=O) groups is 5. The minimum Gasteiger partial charge on any atom is -0.481 e. The van der Waals surface area contributed by atoms with Crippen LogP contribution in [0.2, 0.25) is 0 Å². The molecule has 0 aromatic carbocycles. The lowest BCUT2D eigenvalue weighted by Crippen LogP contribution is -2.56. The van der Waals surface area contributed by atoms with E-state index in [1.54, 1.807) is 11.8 Å². The fourth-order valence-corrected chi connectivity index (χ4v) is 3.42. The normalized spacial score (nSPS) is 19.1. The number of carbonyl (C=O) groups excluding carboxylic acids is 3. The van der Waals surface area contributed by atoms with Crippen molar-refractivity contribution in [3.8, 4) is 0 Å². The predicted molar refractivity (Wildman–Crippen MR) is 105 cm³/mol. The molecule has 1 aliphatic rings. The summed E-state index contributed by atoms with van der Waals surface area (Å²) in [5, 5.41) is 22.3. The summed E-state index contributed by atoms with van der Waals surface area (Å²) < 4.78 is 0. The summed E-state index contributed by atoms with van der Waals surface area (Å²) >= 11 is 1.57. The molecule has 0 spiro atoms. The molecule has 0 saturated carbocycles. The Morgan fingerprint density at radius 3 is 2.41 bits per heavy atom. The molecule has 1 fully saturated rings. The minimum absolute atomic E-state index is 0.318. The number of carboxylic acid groups (broad SMARTS) is 2. The number of thioether (sulfide) groups is 1. The van der Waals surface area contributed by atoms with Crippen LogP contribution >= 0.6 is 11.8 Å². The van der Waals surface area contributed by atoms with Crippen LogP contribution in [-0.2, 0) is 24.0 Å². The molecule has 6 N–H and O–H groups in total. The third-order valence-corrected chi connectivity index (χ3v) is 5.18. The fourth-order valence-electron chi connectivity index (χ4n) is 2.93. The highest BCUT2D eigenvalue weighted by Gasteiger charge is 2.37. The first-order valence-corrected chi connectivity index (χ1v) is 10.6. The molecule has 1 saturated heterocycles. The van der Waals surface area contributed by atoms with Crippen LogP contribution in [0.3, 0.4) is 0 Å². The van der Waals surface area contributed by atoms with Gasteiger partial charge in [0, 0.05) is 6.54 Å². The number of rotatable bonds is 11. The van der Waals surface area contributed by atoms with Crippen molar-refractivity contribution in [1.29, 1.82) is 0 Å². The van der Waals surface area contributed by atoms with Gasteiger partial charge in [0.1, 0.15) is 18.1 Å². The quantitative estimate of drug-likeness (QED) is 0.263.